The molecule has 1 atom stereocenters. The number of hydrogen-bond donors (Lipinski definition) is 0. The average molecular weight is 355 g/mol. The number of amidine groups is 1. The molecule has 23 heavy (non-hydrogen) atoms. The van der Waals surface area contributed by atoms with Gasteiger partial charge in [0.1, 0.15) is 0 Å². The second-order valence-corrected chi connectivity index (χ2v) is 8.27. The SMILES string of the molecule is O=C1CC(CS(=O)(=O)F)CN1c1ccc2c(c1)N1CCN=C1S2. The average Bonchev–Trinajstić information content (AvgIpc) is 3.11. The van der Waals surface area contributed by atoms with Gasteiger partial charge in [0.05, 0.1) is 18.0 Å². The summed E-state index contributed by atoms with van der Waals surface area (Å²) in [5, 5.41) is 0.978. The smallest absolute Gasteiger partial charge is 0.302 e. The number of thioether (sulfide) groups is 1. The maximum absolute atomic E-state index is 12.8. The zero-order chi connectivity index (χ0) is 16.2. The van der Waals surface area contributed by atoms with Crippen molar-refractivity contribution in [2.24, 2.45) is 10.9 Å². The summed E-state index contributed by atoms with van der Waals surface area (Å²) in [5.41, 5.74) is 1.75. The van der Waals surface area contributed by atoms with E-state index in [1.807, 2.05) is 18.2 Å². The van der Waals surface area contributed by atoms with Gasteiger partial charge >= 0.3 is 10.2 Å². The number of amides is 1. The van der Waals surface area contributed by atoms with Gasteiger partial charge in [0, 0.05) is 36.0 Å². The Morgan fingerprint density at radius 3 is 2.96 bits per heavy atom. The minimum Gasteiger partial charge on any atom is -0.318 e. The lowest BCUT2D eigenvalue weighted by Crippen LogP contribution is -2.26. The minimum atomic E-state index is -4.56. The van der Waals surface area contributed by atoms with Crippen LogP contribution in [0.25, 0.3) is 0 Å². The largest absolute Gasteiger partial charge is 0.318 e. The molecule has 0 saturated carbocycles. The van der Waals surface area contributed by atoms with Gasteiger partial charge in [-0.3, -0.25) is 9.79 Å². The molecule has 0 aromatic heterocycles. The van der Waals surface area contributed by atoms with E-state index in [1.165, 1.54) is 0 Å². The normalized spacial score (nSPS) is 23.3. The van der Waals surface area contributed by atoms with E-state index in [4.69, 9.17) is 0 Å². The highest BCUT2D eigenvalue weighted by molar-refractivity contribution is 8.14. The van der Waals surface area contributed by atoms with E-state index in [9.17, 15) is 17.1 Å². The van der Waals surface area contributed by atoms with Crippen LogP contribution in [-0.4, -0.2) is 44.9 Å². The number of carbonyl (C=O) groups excluding carboxylic acids is 1. The standard InChI is InChI=1S/C14H14FN3O3S2/c15-23(20,21)8-9-5-13(19)18(7-9)10-1-2-12-11(6-10)17-4-3-16-14(17)22-12/h1-2,6,9H,3-5,7-8H2. The third-order valence-corrected chi connectivity index (χ3v) is 6.15. The number of carbonyl (C=O) groups is 1. The Labute approximate surface area is 137 Å². The fourth-order valence-electron chi connectivity index (χ4n) is 3.23. The molecular formula is C14H14FN3O3S2. The summed E-state index contributed by atoms with van der Waals surface area (Å²) in [6, 6.07) is 5.72. The van der Waals surface area contributed by atoms with E-state index in [0.717, 1.165) is 34.5 Å². The predicted molar refractivity (Wildman–Crippen MR) is 87.3 cm³/mol. The van der Waals surface area contributed by atoms with Gasteiger partial charge < -0.3 is 9.80 Å². The van der Waals surface area contributed by atoms with Crippen molar-refractivity contribution >= 4 is 44.4 Å². The van der Waals surface area contributed by atoms with Gasteiger partial charge in [0.25, 0.3) is 0 Å². The number of aliphatic imine (C=N–C) groups is 1. The Morgan fingerprint density at radius 1 is 1.35 bits per heavy atom. The van der Waals surface area contributed by atoms with Crippen LogP contribution in [0.15, 0.2) is 28.1 Å². The first-order valence-electron chi connectivity index (χ1n) is 7.27. The van der Waals surface area contributed by atoms with E-state index in [2.05, 4.69) is 9.89 Å². The van der Waals surface area contributed by atoms with Crippen molar-refractivity contribution in [1.82, 2.24) is 0 Å². The molecule has 1 unspecified atom stereocenters. The van der Waals surface area contributed by atoms with Crippen LogP contribution >= 0.6 is 11.8 Å². The number of hydrogen-bond acceptors (Lipinski definition) is 6. The number of fused-ring (bicyclic) bond motifs is 3. The van der Waals surface area contributed by atoms with Gasteiger partial charge in [-0.1, -0.05) is 0 Å². The van der Waals surface area contributed by atoms with Gasteiger partial charge in [-0.05, 0) is 30.0 Å². The van der Waals surface area contributed by atoms with E-state index >= 15 is 0 Å². The number of benzene rings is 1. The lowest BCUT2D eigenvalue weighted by Gasteiger charge is -2.19. The molecule has 0 N–H and O–H groups in total. The monoisotopic (exact) mass is 355 g/mol. The fourth-order valence-corrected chi connectivity index (χ4v) is 5.08. The second-order valence-electron chi connectivity index (χ2n) is 5.85. The summed E-state index contributed by atoms with van der Waals surface area (Å²) in [6.07, 6.45) is 0.0609. The topological polar surface area (TPSA) is 70.1 Å². The van der Waals surface area contributed by atoms with E-state index < -0.39 is 21.9 Å². The molecule has 0 aliphatic carbocycles. The van der Waals surface area contributed by atoms with Crippen LogP contribution in [0.4, 0.5) is 15.3 Å². The molecule has 122 valence electrons. The van der Waals surface area contributed by atoms with Crippen molar-refractivity contribution in [2.45, 2.75) is 11.3 Å². The lowest BCUT2D eigenvalue weighted by molar-refractivity contribution is -0.117. The van der Waals surface area contributed by atoms with Gasteiger partial charge in [-0.15, -0.1) is 3.89 Å². The number of anilines is 2. The van der Waals surface area contributed by atoms with Crippen LogP contribution < -0.4 is 9.80 Å². The number of halogens is 1. The van der Waals surface area contributed by atoms with Crippen LogP contribution in [-0.2, 0) is 15.0 Å². The molecule has 3 aliphatic rings. The Morgan fingerprint density at radius 2 is 2.17 bits per heavy atom. The van der Waals surface area contributed by atoms with Crippen molar-refractivity contribution in [2.75, 3.05) is 35.2 Å². The molecule has 1 fully saturated rings. The maximum atomic E-state index is 12.8. The molecular weight excluding hydrogens is 341 g/mol. The quantitative estimate of drug-likeness (QED) is 0.771. The third kappa shape index (κ3) is 2.72. The van der Waals surface area contributed by atoms with Crippen LogP contribution in [0, 0.1) is 5.92 Å². The molecule has 1 saturated heterocycles. The van der Waals surface area contributed by atoms with E-state index in [-0.39, 0.29) is 18.9 Å². The van der Waals surface area contributed by atoms with Gasteiger partial charge in [-0.25, -0.2) is 0 Å². The molecule has 1 amide bonds. The first-order valence-corrected chi connectivity index (χ1v) is 9.64. The molecule has 6 nitrogen and oxygen atoms in total. The highest BCUT2D eigenvalue weighted by atomic mass is 32.3. The highest BCUT2D eigenvalue weighted by Crippen LogP contribution is 2.44. The molecule has 3 heterocycles. The van der Waals surface area contributed by atoms with Crippen LogP contribution in [0.5, 0.6) is 0 Å². The highest BCUT2D eigenvalue weighted by Gasteiger charge is 2.35. The lowest BCUT2D eigenvalue weighted by atomic mass is 10.1. The Balaban J connectivity index is 1.59. The molecule has 1 aromatic carbocycles. The Hall–Kier alpha value is -1.61. The molecule has 0 radical (unpaired) electrons. The summed E-state index contributed by atoms with van der Waals surface area (Å²) in [5.74, 6) is -1.26. The molecule has 9 heteroatoms. The van der Waals surface area contributed by atoms with Crippen molar-refractivity contribution < 1.29 is 17.1 Å². The van der Waals surface area contributed by atoms with Gasteiger partial charge in [-0.2, -0.15) is 8.42 Å². The Bertz CT molecular complexity index is 825. The van der Waals surface area contributed by atoms with Crippen LogP contribution in [0.3, 0.4) is 0 Å². The fraction of sp³-hybridized carbons (Fsp3) is 0.429. The first kappa shape index (κ1) is 14.9. The van der Waals surface area contributed by atoms with Gasteiger partial charge in [0.2, 0.25) is 5.91 Å². The van der Waals surface area contributed by atoms with Crippen molar-refractivity contribution in [1.29, 1.82) is 0 Å². The summed E-state index contributed by atoms with van der Waals surface area (Å²) in [6.45, 7) is 1.83. The number of rotatable bonds is 3. The number of nitrogens with zero attached hydrogens (tertiary/aromatic N) is 3. The second kappa shape index (κ2) is 5.20. The minimum absolute atomic E-state index is 0.0609. The Kier molecular flexibility index (Phi) is 3.38. The first-order chi connectivity index (χ1) is 10.9. The summed E-state index contributed by atoms with van der Waals surface area (Å²) in [4.78, 5) is 21.4. The maximum Gasteiger partial charge on any atom is 0.302 e. The van der Waals surface area contributed by atoms with Crippen molar-refractivity contribution in [3.05, 3.63) is 18.2 Å². The molecule has 0 spiro atoms. The molecule has 1 aromatic rings. The van der Waals surface area contributed by atoms with Crippen LogP contribution in [0.1, 0.15) is 6.42 Å². The predicted octanol–water partition coefficient (Wildman–Crippen LogP) is 1.62. The van der Waals surface area contributed by atoms with Crippen molar-refractivity contribution in [3.63, 3.8) is 0 Å². The zero-order valence-electron chi connectivity index (χ0n) is 12.1. The third-order valence-electron chi connectivity index (χ3n) is 4.19. The molecule has 3 aliphatic heterocycles. The summed E-state index contributed by atoms with van der Waals surface area (Å²) in [7, 11) is -4.56. The molecule has 4 rings (SSSR count). The van der Waals surface area contributed by atoms with Crippen molar-refractivity contribution in [3.8, 4) is 0 Å². The van der Waals surface area contributed by atoms with E-state index in [0.29, 0.717) is 0 Å². The van der Waals surface area contributed by atoms with E-state index in [1.54, 1.807) is 16.7 Å². The summed E-state index contributed by atoms with van der Waals surface area (Å²) < 4.78 is 34.4. The zero-order valence-corrected chi connectivity index (χ0v) is 13.7. The molecule has 0 bridgehead atoms. The van der Waals surface area contributed by atoms with Gasteiger partial charge in [0.15, 0.2) is 5.17 Å². The summed E-state index contributed by atoms with van der Waals surface area (Å²) >= 11 is 1.61. The van der Waals surface area contributed by atoms with Crippen LogP contribution in [0.2, 0.25) is 0 Å².